The summed E-state index contributed by atoms with van der Waals surface area (Å²) in [5.74, 6) is 1.16. The Hall–Kier alpha value is -3.36. The Balaban J connectivity index is 1.47. The predicted octanol–water partition coefficient (Wildman–Crippen LogP) is 3.13. The van der Waals surface area contributed by atoms with Crippen LogP contribution in [0.1, 0.15) is 43.1 Å². The van der Waals surface area contributed by atoms with Crippen LogP contribution in [0.5, 0.6) is 0 Å². The number of aromatic nitrogens is 4. The van der Waals surface area contributed by atoms with Crippen LogP contribution in [0.3, 0.4) is 0 Å². The fourth-order valence-electron chi connectivity index (χ4n) is 3.59. The summed E-state index contributed by atoms with van der Waals surface area (Å²) in [6, 6.07) is 7.80. The number of anilines is 1. The van der Waals surface area contributed by atoms with E-state index >= 15 is 0 Å². The molecule has 3 aromatic rings. The van der Waals surface area contributed by atoms with Crippen molar-refractivity contribution in [1.29, 1.82) is 0 Å². The van der Waals surface area contributed by atoms with Crippen molar-refractivity contribution in [2.45, 2.75) is 31.7 Å². The van der Waals surface area contributed by atoms with E-state index in [2.05, 4.69) is 20.2 Å². The maximum atomic E-state index is 14.3. The van der Waals surface area contributed by atoms with Crippen molar-refractivity contribution in [2.24, 2.45) is 10.7 Å². The molecule has 0 radical (unpaired) electrons. The van der Waals surface area contributed by atoms with Crippen molar-refractivity contribution in [3.8, 4) is 0 Å². The highest BCUT2D eigenvalue weighted by atomic mass is 19.1. The normalized spacial score (nSPS) is 18.3. The second-order valence-corrected chi connectivity index (χ2v) is 7.68. The number of pyridine rings is 1. The van der Waals surface area contributed by atoms with Crippen LogP contribution in [0.15, 0.2) is 47.1 Å². The lowest BCUT2D eigenvalue weighted by Crippen LogP contribution is -2.47. The minimum absolute atomic E-state index is 0.000953. The van der Waals surface area contributed by atoms with Crippen molar-refractivity contribution in [2.75, 3.05) is 18.5 Å². The van der Waals surface area contributed by atoms with Crippen molar-refractivity contribution < 1.29 is 4.39 Å². The van der Waals surface area contributed by atoms with E-state index in [0.29, 0.717) is 17.7 Å². The van der Waals surface area contributed by atoms with E-state index in [1.54, 1.807) is 4.90 Å². The highest BCUT2D eigenvalue weighted by Gasteiger charge is 2.32. The van der Waals surface area contributed by atoms with Crippen LogP contribution < -0.4 is 10.6 Å². The molecule has 0 spiro atoms. The first-order valence-corrected chi connectivity index (χ1v) is 9.74. The van der Waals surface area contributed by atoms with Gasteiger partial charge in [-0.15, -0.1) is 0 Å². The number of hydrogen-bond donors (Lipinski definition) is 3. The van der Waals surface area contributed by atoms with Gasteiger partial charge in [0.1, 0.15) is 0 Å². The number of guanidine groups is 1. The minimum Gasteiger partial charge on any atom is -0.381 e. The molecule has 1 aliphatic heterocycles. The molecule has 0 saturated heterocycles. The third kappa shape index (κ3) is 3.12. The number of fused-ring (bicyclic) bond motifs is 1. The third-order valence-corrected chi connectivity index (χ3v) is 5.67. The van der Waals surface area contributed by atoms with Gasteiger partial charge in [-0.1, -0.05) is 0 Å². The molecule has 0 bridgehead atoms. The summed E-state index contributed by atoms with van der Waals surface area (Å²) in [5, 5.41) is 7.48. The van der Waals surface area contributed by atoms with Gasteiger partial charge in [0.05, 0.1) is 29.3 Å². The van der Waals surface area contributed by atoms with E-state index in [-0.39, 0.29) is 18.4 Å². The van der Waals surface area contributed by atoms with E-state index in [4.69, 9.17) is 10.7 Å². The topological polar surface area (TPSA) is 102 Å². The van der Waals surface area contributed by atoms with Gasteiger partial charge in [-0.2, -0.15) is 10.1 Å². The van der Waals surface area contributed by atoms with Gasteiger partial charge < -0.3 is 15.6 Å². The maximum Gasteiger partial charge on any atom is 0.209 e. The quantitative estimate of drug-likeness (QED) is 0.631. The molecule has 29 heavy (non-hydrogen) atoms. The lowest BCUT2D eigenvalue weighted by atomic mass is 10.2. The highest BCUT2D eigenvalue weighted by molar-refractivity contribution is 5.97. The van der Waals surface area contributed by atoms with Crippen LogP contribution in [0, 0.1) is 0 Å². The van der Waals surface area contributed by atoms with E-state index in [1.807, 2.05) is 49.3 Å². The summed E-state index contributed by atoms with van der Waals surface area (Å²) in [7, 11) is 1.91. The summed E-state index contributed by atoms with van der Waals surface area (Å²) in [6.07, 6.45) is 4.19. The van der Waals surface area contributed by atoms with Crippen molar-refractivity contribution in [1.82, 2.24) is 25.1 Å². The summed E-state index contributed by atoms with van der Waals surface area (Å²) in [4.78, 5) is 15.9. The predicted molar refractivity (Wildman–Crippen MR) is 110 cm³/mol. The molecule has 0 aromatic carbocycles. The standard InChI is InChI=1S/C20H23FN8/c1-11(14-5-6-15-16(24-14)7-8-23-15)28(2)20-25-19(22)13(21)10-29(20)18-9-17(26-27-18)12-3-4-12/h5-9,11-12,23H,3-4,10,22H2,1-2H3,(H,26,27)/t11-/m1/s1. The number of hydrogen-bond acceptors (Lipinski definition) is 6. The minimum atomic E-state index is -0.461. The van der Waals surface area contributed by atoms with E-state index in [1.165, 1.54) is 0 Å². The Kier molecular flexibility index (Phi) is 4.04. The number of rotatable bonds is 4. The SMILES string of the molecule is C[C@H](c1ccc2[nH]ccc2n1)N(C)C1=NC(N)=C(F)CN1c1cc(C2CC2)[nH]n1. The molecule has 4 N–H and O–H groups in total. The Labute approximate surface area is 167 Å². The smallest absolute Gasteiger partial charge is 0.209 e. The summed E-state index contributed by atoms with van der Waals surface area (Å²) in [6.45, 7) is 2.04. The van der Waals surface area contributed by atoms with Crippen molar-refractivity contribution in [3.63, 3.8) is 0 Å². The van der Waals surface area contributed by atoms with Crippen LogP contribution in [-0.4, -0.2) is 44.6 Å². The number of H-pyrrole nitrogens is 2. The average molecular weight is 394 g/mol. The van der Waals surface area contributed by atoms with Gasteiger partial charge in [-0.25, -0.2) is 9.37 Å². The molecular formula is C20H23FN8. The largest absolute Gasteiger partial charge is 0.381 e. The first-order valence-electron chi connectivity index (χ1n) is 9.74. The van der Waals surface area contributed by atoms with Crippen LogP contribution in [0.4, 0.5) is 10.2 Å². The van der Waals surface area contributed by atoms with Gasteiger partial charge in [0.2, 0.25) is 5.96 Å². The molecule has 8 nitrogen and oxygen atoms in total. The monoisotopic (exact) mass is 394 g/mol. The number of aliphatic imine (C=N–C) groups is 1. The van der Waals surface area contributed by atoms with Gasteiger partial charge in [-0.3, -0.25) is 10.00 Å². The zero-order valence-electron chi connectivity index (χ0n) is 16.4. The van der Waals surface area contributed by atoms with E-state index in [0.717, 1.165) is 35.3 Å². The Morgan fingerprint density at radius 2 is 2.14 bits per heavy atom. The van der Waals surface area contributed by atoms with Gasteiger partial charge in [-0.05, 0) is 38.0 Å². The Morgan fingerprint density at radius 3 is 2.93 bits per heavy atom. The number of aromatic amines is 2. The summed E-state index contributed by atoms with van der Waals surface area (Å²) in [5.41, 5.74) is 9.68. The molecule has 1 aliphatic carbocycles. The number of halogens is 1. The molecular weight excluding hydrogens is 371 g/mol. The summed E-state index contributed by atoms with van der Waals surface area (Å²) < 4.78 is 14.3. The number of nitrogens with zero attached hydrogens (tertiary/aromatic N) is 5. The van der Waals surface area contributed by atoms with Gasteiger partial charge in [0.15, 0.2) is 17.5 Å². The molecule has 1 atom stereocenters. The fourth-order valence-corrected chi connectivity index (χ4v) is 3.59. The molecule has 9 heteroatoms. The molecule has 2 aliphatic rings. The zero-order chi connectivity index (χ0) is 20.1. The van der Waals surface area contributed by atoms with Crippen LogP contribution in [0.2, 0.25) is 0 Å². The maximum absolute atomic E-state index is 14.3. The molecule has 3 aromatic heterocycles. The highest BCUT2D eigenvalue weighted by Crippen LogP contribution is 2.40. The first-order chi connectivity index (χ1) is 14.0. The third-order valence-electron chi connectivity index (χ3n) is 5.67. The molecule has 1 saturated carbocycles. The zero-order valence-corrected chi connectivity index (χ0v) is 16.4. The molecule has 150 valence electrons. The van der Waals surface area contributed by atoms with Gasteiger partial charge in [0.25, 0.3) is 0 Å². The van der Waals surface area contributed by atoms with Gasteiger partial charge in [0, 0.05) is 30.9 Å². The second kappa shape index (κ2) is 6.61. The van der Waals surface area contributed by atoms with Gasteiger partial charge >= 0.3 is 0 Å². The summed E-state index contributed by atoms with van der Waals surface area (Å²) >= 11 is 0. The molecule has 5 rings (SSSR count). The molecule has 1 fully saturated rings. The second-order valence-electron chi connectivity index (χ2n) is 7.68. The van der Waals surface area contributed by atoms with Crippen molar-refractivity contribution >= 4 is 22.8 Å². The average Bonchev–Trinajstić information content (AvgIpc) is 3.26. The first kappa shape index (κ1) is 17.7. The number of nitrogens with one attached hydrogen (secondary N) is 2. The molecule has 0 unspecified atom stereocenters. The van der Waals surface area contributed by atoms with E-state index in [9.17, 15) is 4.39 Å². The van der Waals surface area contributed by atoms with Crippen LogP contribution >= 0.6 is 0 Å². The lowest BCUT2D eigenvalue weighted by Gasteiger charge is -2.35. The van der Waals surface area contributed by atoms with Crippen LogP contribution in [-0.2, 0) is 0 Å². The van der Waals surface area contributed by atoms with Crippen molar-refractivity contribution in [3.05, 3.63) is 53.5 Å². The fraction of sp³-hybridized carbons (Fsp3) is 0.350. The molecule has 0 amide bonds. The number of nitrogens with two attached hydrogens (primary N) is 1. The Bertz CT molecular complexity index is 1120. The van der Waals surface area contributed by atoms with E-state index < -0.39 is 5.83 Å². The molecule has 4 heterocycles. The lowest BCUT2D eigenvalue weighted by molar-refractivity contribution is 0.384. The Morgan fingerprint density at radius 1 is 1.31 bits per heavy atom. The van der Waals surface area contributed by atoms with Crippen LogP contribution in [0.25, 0.3) is 11.0 Å².